The second kappa shape index (κ2) is 12.7. The van der Waals surface area contributed by atoms with Gasteiger partial charge in [-0.3, -0.25) is 14.3 Å². The summed E-state index contributed by atoms with van der Waals surface area (Å²) in [5.74, 6) is -0.489. The molecule has 9 heteroatoms. The molecule has 0 saturated carbocycles. The predicted molar refractivity (Wildman–Crippen MR) is 167 cm³/mol. The molecule has 5 rings (SSSR count). The highest BCUT2D eigenvalue weighted by Crippen LogP contribution is 2.37. The standard InChI is InChI=1S/C33H29Cl2N3O4/c1-3-29(21-4-6-22(7-5-21)33(41)36-15-14-31(39)40)38-30-18-23(20-8-11-27(42-2)12-9-20)10-13-28(30)32(37-38)24-16-25(34)19-26(35)17-24/h4-13,16-19,29H,3,14-15H2,1-2H3,(H,36,41)(H,39,40)/t29-/m0/s1. The Balaban J connectivity index is 1.58. The number of ether oxygens (including phenoxy) is 1. The van der Waals surface area contributed by atoms with E-state index in [1.54, 1.807) is 25.3 Å². The summed E-state index contributed by atoms with van der Waals surface area (Å²) < 4.78 is 7.35. The molecule has 214 valence electrons. The monoisotopic (exact) mass is 601 g/mol. The van der Waals surface area contributed by atoms with Gasteiger partial charge in [-0.05, 0) is 77.7 Å². The average molecular weight is 603 g/mol. The summed E-state index contributed by atoms with van der Waals surface area (Å²) >= 11 is 12.7. The van der Waals surface area contributed by atoms with Gasteiger partial charge in [-0.2, -0.15) is 5.10 Å². The molecule has 42 heavy (non-hydrogen) atoms. The van der Waals surface area contributed by atoms with Crippen LogP contribution in [0.4, 0.5) is 0 Å². The van der Waals surface area contributed by atoms with Gasteiger partial charge in [0.25, 0.3) is 5.91 Å². The third kappa shape index (κ3) is 6.27. The Morgan fingerprint density at radius 2 is 1.57 bits per heavy atom. The van der Waals surface area contributed by atoms with Crippen LogP contribution in [-0.4, -0.2) is 40.4 Å². The Bertz CT molecular complexity index is 1730. The number of nitrogens with zero attached hydrogens (tertiary/aromatic N) is 2. The summed E-state index contributed by atoms with van der Waals surface area (Å²) in [6.07, 6.45) is 0.607. The van der Waals surface area contributed by atoms with Crippen molar-refractivity contribution in [2.45, 2.75) is 25.8 Å². The van der Waals surface area contributed by atoms with E-state index in [0.29, 0.717) is 15.6 Å². The summed E-state index contributed by atoms with van der Waals surface area (Å²) in [5, 5.41) is 18.6. The number of hydrogen-bond donors (Lipinski definition) is 2. The van der Waals surface area contributed by atoms with Gasteiger partial charge in [0.2, 0.25) is 0 Å². The third-order valence-corrected chi connectivity index (χ3v) is 7.57. The number of amides is 1. The summed E-state index contributed by atoms with van der Waals surface area (Å²) in [5.41, 5.74) is 6.04. The molecule has 5 aromatic rings. The number of fused-ring (bicyclic) bond motifs is 1. The Morgan fingerprint density at radius 3 is 2.19 bits per heavy atom. The second-order valence-corrected chi connectivity index (χ2v) is 10.7. The topological polar surface area (TPSA) is 93.5 Å². The number of rotatable bonds is 10. The van der Waals surface area contributed by atoms with Crippen molar-refractivity contribution in [2.75, 3.05) is 13.7 Å². The molecule has 4 aromatic carbocycles. The third-order valence-electron chi connectivity index (χ3n) is 7.13. The summed E-state index contributed by atoms with van der Waals surface area (Å²) in [6.45, 7) is 2.16. The zero-order chi connectivity index (χ0) is 29.8. The molecule has 0 aliphatic carbocycles. The highest BCUT2D eigenvalue weighted by atomic mass is 35.5. The molecule has 1 atom stereocenters. The van der Waals surface area contributed by atoms with E-state index in [-0.39, 0.29) is 24.9 Å². The van der Waals surface area contributed by atoms with E-state index in [1.165, 1.54) is 0 Å². The molecule has 1 amide bonds. The number of carboxylic acid groups (broad SMARTS) is 1. The first-order valence-electron chi connectivity index (χ1n) is 13.5. The summed E-state index contributed by atoms with van der Waals surface area (Å²) in [6, 6.07) is 26.8. The number of halogens is 2. The fourth-order valence-electron chi connectivity index (χ4n) is 5.03. The molecule has 0 fully saturated rings. The van der Waals surface area contributed by atoms with Crippen molar-refractivity contribution in [2.24, 2.45) is 0 Å². The fourth-order valence-corrected chi connectivity index (χ4v) is 5.56. The number of benzene rings is 4. The lowest BCUT2D eigenvalue weighted by Gasteiger charge is -2.18. The minimum Gasteiger partial charge on any atom is -0.497 e. The van der Waals surface area contributed by atoms with Gasteiger partial charge in [-0.15, -0.1) is 0 Å². The molecule has 0 aliphatic heterocycles. The highest BCUT2D eigenvalue weighted by molar-refractivity contribution is 6.35. The zero-order valence-corrected chi connectivity index (χ0v) is 24.6. The maximum atomic E-state index is 12.5. The lowest BCUT2D eigenvalue weighted by atomic mass is 10.00. The van der Waals surface area contributed by atoms with E-state index < -0.39 is 5.97 Å². The van der Waals surface area contributed by atoms with Gasteiger partial charge in [0.15, 0.2) is 0 Å². The minimum atomic E-state index is -0.961. The van der Waals surface area contributed by atoms with Crippen LogP contribution in [-0.2, 0) is 4.79 Å². The first kappa shape index (κ1) is 29.2. The lowest BCUT2D eigenvalue weighted by Crippen LogP contribution is -2.26. The Hall–Kier alpha value is -4.33. The molecule has 0 bridgehead atoms. The van der Waals surface area contributed by atoms with Crippen LogP contribution in [0.5, 0.6) is 5.75 Å². The Labute approximate surface area is 253 Å². The van der Waals surface area contributed by atoms with Crippen LogP contribution < -0.4 is 10.1 Å². The van der Waals surface area contributed by atoms with Gasteiger partial charge >= 0.3 is 5.97 Å². The number of carboxylic acids is 1. The first-order chi connectivity index (χ1) is 20.3. The average Bonchev–Trinajstić information content (AvgIpc) is 3.36. The molecular formula is C33H29Cl2N3O4. The molecule has 2 N–H and O–H groups in total. The van der Waals surface area contributed by atoms with E-state index in [0.717, 1.165) is 51.0 Å². The van der Waals surface area contributed by atoms with Crippen molar-refractivity contribution < 1.29 is 19.4 Å². The quantitative estimate of drug-likeness (QED) is 0.170. The van der Waals surface area contributed by atoms with Crippen molar-refractivity contribution in [3.8, 4) is 28.1 Å². The van der Waals surface area contributed by atoms with Crippen molar-refractivity contribution in [3.63, 3.8) is 0 Å². The van der Waals surface area contributed by atoms with Crippen molar-refractivity contribution in [1.82, 2.24) is 15.1 Å². The number of hydrogen-bond acceptors (Lipinski definition) is 4. The molecule has 7 nitrogen and oxygen atoms in total. The second-order valence-electron chi connectivity index (χ2n) is 9.86. The first-order valence-corrected chi connectivity index (χ1v) is 14.3. The molecule has 0 spiro atoms. The van der Waals surface area contributed by atoms with Crippen LogP contribution in [0.2, 0.25) is 10.0 Å². The largest absolute Gasteiger partial charge is 0.497 e. The van der Waals surface area contributed by atoms with Crippen LogP contribution in [0, 0.1) is 0 Å². The maximum absolute atomic E-state index is 12.5. The van der Waals surface area contributed by atoms with Crippen molar-refractivity contribution >= 4 is 46.0 Å². The number of carbonyl (C=O) groups is 2. The molecule has 1 heterocycles. The van der Waals surface area contributed by atoms with E-state index in [9.17, 15) is 9.59 Å². The number of carbonyl (C=O) groups excluding carboxylic acids is 1. The molecule has 0 unspecified atom stereocenters. The predicted octanol–water partition coefficient (Wildman–Crippen LogP) is 7.89. The van der Waals surface area contributed by atoms with Gasteiger partial charge in [-0.25, -0.2) is 0 Å². The van der Waals surface area contributed by atoms with E-state index in [2.05, 4.69) is 30.4 Å². The maximum Gasteiger partial charge on any atom is 0.305 e. The Morgan fingerprint density at radius 1 is 0.905 bits per heavy atom. The van der Waals surface area contributed by atoms with Gasteiger partial charge in [0, 0.05) is 33.1 Å². The summed E-state index contributed by atoms with van der Waals surface area (Å²) in [4.78, 5) is 23.3. The van der Waals surface area contributed by atoms with Crippen LogP contribution in [0.15, 0.2) is 84.9 Å². The lowest BCUT2D eigenvalue weighted by molar-refractivity contribution is -0.136. The molecule has 0 saturated heterocycles. The number of methoxy groups -OCH3 is 1. The molecule has 1 aromatic heterocycles. The van der Waals surface area contributed by atoms with E-state index in [4.69, 9.17) is 38.1 Å². The zero-order valence-electron chi connectivity index (χ0n) is 23.1. The van der Waals surface area contributed by atoms with Crippen molar-refractivity contribution in [1.29, 1.82) is 0 Å². The fraction of sp³-hybridized carbons (Fsp3) is 0.182. The number of aliphatic carboxylic acids is 1. The van der Waals surface area contributed by atoms with Gasteiger partial charge in [-0.1, -0.05) is 60.5 Å². The number of aromatic nitrogens is 2. The van der Waals surface area contributed by atoms with Crippen molar-refractivity contribution in [3.05, 3.63) is 106 Å². The Kier molecular flexibility index (Phi) is 8.80. The molecular weight excluding hydrogens is 573 g/mol. The van der Waals surface area contributed by atoms with E-state index >= 15 is 0 Å². The summed E-state index contributed by atoms with van der Waals surface area (Å²) in [7, 11) is 1.65. The molecule has 0 aliphatic rings. The van der Waals surface area contributed by atoms with Gasteiger partial charge < -0.3 is 15.2 Å². The van der Waals surface area contributed by atoms with Crippen LogP contribution in [0.25, 0.3) is 33.3 Å². The normalized spacial score (nSPS) is 11.8. The van der Waals surface area contributed by atoms with Gasteiger partial charge in [0.1, 0.15) is 11.4 Å². The highest BCUT2D eigenvalue weighted by Gasteiger charge is 2.21. The van der Waals surface area contributed by atoms with Crippen LogP contribution in [0.1, 0.15) is 41.7 Å². The van der Waals surface area contributed by atoms with Crippen LogP contribution in [0.3, 0.4) is 0 Å². The smallest absolute Gasteiger partial charge is 0.305 e. The van der Waals surface area contributed by atoms with E-state index in [1.807, 2.05) is 53.2 Å². The SMILES string of the molecule is CC[C@@H](c1ccc(C(=O)NCCC(=O)O)cc1)n1nc(-c2cc(Cl)cc(Cl)c2)c2ccc(-c3ccc(OC)cc3)cc21. The van der Waals surface area contributed by atoms with Gasteiger partial charge in [0.05, 0.1) is 25.1 Å². The minimum absolute atomic E-state index is 0.0691. The molecule has 0 radical (unpaired) electrons. The number of nitrogens with one attached hydrogen (secondary N) is 1. The van der Waals surface area contributed by atoms with Crippen LogP contribution >= 0.6 is 23.2 Å².